The Morgan fingerprint density at radius 2 is 2.16 bits per heavy atom. The van der Waals surface area contributed by atoms with Gasteiger partial charge in [-0.2, -0.15) is 0 Å². The Labute approximate surface area is 112 Å². The van der Waals surface area contributed by atoms with Crippen molar-refractivity contribution in [2.24, 2.45) is 5.92 Å². The molecule has 0 atom stereocenters. The number of nitrogens with zero attached hydrogens (tertiary/aromatic N) is 2. The first kappa shape index (κ1) is 12.2. The lowest BCUT2D eigenvalue weighted by Crippen LogP contribution is -2.37. The lowest BCUT2D eigenvalue weighted by molar-refractivity contribution is 0.0465. The normalized spacial score (nSPS) is 22.2. The highest BCUT2D eigenvalue weighted by Crippen LogP contribution is 2.31. The second kappa shape index (κ2) is 4.70. The molecular formula is C15H19N3O. The molecule has 1 aliphatic carbocycles. The Balaban J connectivity index is 1.87. The van der Waals surface area contributed by atoms with E-state index in [4.69, 9.17) is 5.73 Å². The van der Waals surface area contributed by atoms with Crippen LogP contribution in [0.3, 0.4) is 0 Å². The molecule has 1 aromatic heterocycles. The van der Waals surface area contributed by atoms with Crippen LogP contribution in [0.1, 0.15) is 12.8 Å². The number of anilines is 2. The zero-order chi connectivity index (χ0) is 13.4. The molecule has 4 nitrogen and oxygen atoms in total. The summed E-state index contributed by atoms with van der Waals surface area (Å²) in [5.74, 6) is 0.594. The van der Waals surface area contributed by atoms with E-state index in [0.717, 1.165) is 36.0 Å². The molecule has 0 bridgehead atoms. The van der Waals surface area contributed by atoms with Gasteiger partial charge >= 0.3 is 0 Å². The summed E-state index contributed by atoms with van der Waals surface area (Å²) in [7, 11) is 2.09. The minimum absolute atomic E-state index is 0.0904. The summed E-state index contributed by atoms with van der Waals surface area (Å²) in [6.07, 6.45) is 3.57. The Bertz CT molecular complexity index is 593. The summed E-state index contributed by atoms with van der Waals surface area (Å²) in [4.78, 5) is 6.61. The molecule has 1 heterocycles. The molecule has 1 fully saturated rings. The van der Waals surface area contributed by atoms with Crippen molar-refractivity contribution in [2.75, 3.05) is 24.2 Å². The number of nitrogen functional groups attached to an aromatic ring is 1. The van der Waals surface area contributed by atoms with Gasteiger partial charge in [-0.25, -0.2) is 0 Å². The van der Waals surface area contributed by atoms with Crippen LogP contribution in [0.4, 0.5) is 11.4 Å². The van der Waals surface area contributed by atoms with Crippen molar-refractivity contribution in [1.29, 1.82) is 0 Å². The average Bonchev–Trinajstić information content (AvgIpc) is 2.35. The molecule has 0 aliphatic heterocycles. The van der Waals surface area contributed by atoms with Gasteiger partial charge in [0.25, 0.3) is 0 Å². The van der Waals surface area contributed by atoms with E-state index in [-0.39, 0.29) is 6.10 Å². The SMILES string of the molecule is CN(CC1CC(O)C1)c1ccnc2cc(N)ccc12. The quantitative estimate of drug-likeness (QED) is 0.826. The smallest absolute Gasteiger partial charge is 0.0743 e. The highest BCUT2D eigenvalue weighted by atomic mass is 16.3. The topological polar surface area (TPSA) is 62.4 Å². The van der Waals surface area contributed by atoms with Crippen LogP contribution in [0.5, 0.6) is 0 Å². The van der Waals surface area contributed by atoms with E-state index in [1.807, 2.05) is 30.5 Å². The summed E-state index contributed by atoms with van der Waals surface area (Å²) in [5.41, 5.74) is 8.63. The molecule has 4 heteroatoms. The van der Waals surface area contributed by atoms with Crippen LogP contribution in [-0.2, 0) is 0 Å². The molecule has 0 radical (unpaired) electrons. The Hall–Kier alpha value is -1.81. The summed E-state index contributed by atoms with van der Waals surface area (Å²) in [6.45, 7) is 0.973. The third-order valence-corrected chi connectivity index (χ3v) is 3.90. The van der Waals surface area contributed by atoms with E-state index in [0.29, 0.717) is 5.92 Å². The maximum absolute atomic E-state index is 9.36. The summed E-state index contributed by atoms with van der Waals surface area (Å²) < 4.78 is 0. The standard InChI is InChI=1S/C15H19N3O/c1-18(9-10-6-12(19)7-10)15-4-5-17-14-8-11(16)2-3-13(14)15/h2-5,8,10,12,19H,6-7,9,16H2,1H3. The van der Waals surface area contributed by atoms with Gasteiger partial charge in [-0.05, 0) is 43.0 Å². The molecule has 1 aromatic carbocycles. The van der Waals surface area contributed by atoms with Crippen molar-refractivity contribution >= 4 is 22.3 Å². The number of benzene rings is 1. The first-order valence-corrected chi connectivity index (χ1v) is 6.67. The maximum Gasteiger partial charge on any atom is 0.0743 e. The summed E-state index contributed by atoms with van der Waals surface area (Å²) >= 11 is 0. The van der Waals surface area contributed by atoms with Crippen molar-refractivity contribution in [3.63, 3.8) is 0 Å². The number of fused-ring (bicyclic) bond motifs is 1. The summed E-state index contributed by atoms with van der Waals surface area (Å²) in [6, 6.07) is 7.88. The minimum atomic E-state index is -0.0904. The first-order valence-electron chi connectivity index (χ1n) is 6.67. The van der Waals surface area contributed by atoms with Gasteiger partial charge in [0.1, 0.15) is 0 Å². The number of nitrogens with two attached hydrogens (primary N) is 1. The van der Waals surface area contributed by atoms with Gasteiger partial charge in [-0.1, -0.05) is 0 Å². The monoisotopic (exact) mass is 257 g/mol. The van der Waals surface area contributed by atoms with Crippen LogP contribution in [0, 0.1) is 5.92 Å². The molecule has 0 spiro atoms. The number of hydrogen-bond acceptors (Lipinski definition) is 4. The predicted octanol–water partition coefficient (Wildman–Crippen LogP) is 2.02. The lowest BCUT2D eigenvalue weighted by atomic mass is 9.82. The lowest BCUT2D eigenvalue weighted by Gasteiger charge is -2.35. The molecule has 1 aliphatic rings. The average molecular weight is 257 g/mol. The third kappa shape index (κ3) is 2.36. The Kier molecular flexibility index (Phi) is 3.03. The van der Waals surface area contributed by atoms with Crippen molar-refractivity contribution in [3.05, 3.63) is 30.5 Å². The van der Waals surface area contributed by atoms with Gasteiger partial charge in [0.2, 0.25) is 0 Å². The zero-order valence-corrected chi connectivity index (χ0v) is 11.1. The summed E-state index contributed by atoms with van der Waals surface area (Å²) in [5, 5.41) is 10.5. The highest BCUT2D eigenvalue weighted by Gasteiger charge is 2.28. The number of hydrogen-bond donors (Lipinski definition) is 2. The number of rotatable bonds is 3. The van der Waals surface area contributed by atoms with E-state index in [1.165, 1.54) is 5.69 Å². The van der Waals surface area contributed by atoms with Gasteiger partial charge in [0, 0.05) is 36.6 Å². The van der Waals surface area contributed by atoms with Gasteiger partial charge in [0.05, 0.1) is 11.6 Å². The van der Waals surface area contributed by atoms with E-state index in [1.54, 1.807) is 0 Å². The number of aliphatic hydroxyl groups is 1. The molecule has 100 valence electrons. The maximum atomic E-state index is 9.36. The zero-order valence-electron chi connectivity index (χ0n) is 11.1. The number of aliphatic hydroxyl groups excluding tert-OH is 1. The van der Waals surface area contributed by atoms with Crippen LogP contribution >= 0.6 is 0 Å². The molecule has 0 amide bonds. The van der Waals surface area contributed by atoms with Crippen LogP contribution in [0.2, 0.25) is 0 Å². The fourth-order valence-corrected chi connectivity index (χ4v) is 2.82. The van der Waals surface area contributed by atoms with E-state index in [9.17, 15) is 5.11 Å². The molecule has 2 aromatic rings. The van der Waals surface area contributed by atoms with Crippen LogP contribution in [0.15, 0.2) is 30.5 Å². The second-order valence-corrected chi connectivity index (χ2v) is 5.48. The Morgan fingerprint density at radius 1 is 1.37 bits per heavy atom. The van der Waals surface area contributed by atoms with Crippen molar-refractivity contribution in [1.82, 2.24) is 4.98 Å². The van der Waals surface area contributed by atoms with Crippen LogP contribution < -0.4 is 10.6 Å². The molecule has 1 saturated carbocycles. The molecular weight excluding hydrogens is 238 g/mol. The molecule has 0 saturated heterocycles. The van der Waals surface area contributed by atoms with Gasteiger partial charge < -0.3 is 15.7 Å². The largest absolute Gasteiger partial charge is 0.399 e. The Morgan fingerprint density at radius 3 is 2.89 bits per heavy atom. The van der Waals surface area contributed by atoms with Gasteiger partial charge in [0.15, 0.2) is 0 Å². The van der Waals surface area contributed by atoms with Crippen LogP contribution in [0.25, 0.3) is 10.9 Å². The van der Waals surface area contributed by atoms with E-state index >= 15 is 0 Å². The van der Waals surface area contributed by atoms with Crippen molar-refractivity contribution in [2.45, 2.75) is 18.9 Å². The molecule has 19 heavy (non-hydrogen) atoms. The van der Waals surface area contributed by atoms with Crippen LogP contribution in [-0.4, -0.2) is 29.8 Å². The third-order valence-electron chi connectivity index (χ3n) is 3.90. The minimum Gasteiger partial charge on any atom is -0.399 e. The molecule has 3 N–H and O–H groups in total. The van der Waals surface area contributed by atoms with Gasteiger partial charge in [-0.15, -0.1) is 0 Å². The molecule has 3 rings (SSSR count). The van der Waals surface area contributed by atoms with E-state index in [2.05, 4.69) is 16.9 Å². The first-order chi connectivity index (χ1) is 9.13. The van der Waals surface area contributed by atoms with Crippen molar-refractivity contribution in [3.8, 4) is 0 Å². The highest BCUT2D eigenvalue weighted by molar-refractivity contribution is 5.93. The van der Waals surface area contributed by atoms with E-state index < -0.39 is 0 Å². The number of pyridine rings is 1. The number of aromatic nitrogens is 1. The van der Waals surface area contributed by atoms with Gasteiger partial charge in [-0.3, -0.25) is 4.98 Å². The second-order valence-electron chi connectivity index (χ2n) is 5.48. The fourth-order valence-electron chi connectivity index (χ4n) is 2.82. The fraction of sp³-hybridized carbons (Fsp3) is 0.400. The van der Waals surface area contributed by atoms with Crippen molar-refractivity contribution < 1.29 is 5.11 Å². The molecule has 0 unspecified atom stereocenters. The predicted molar refractivity (Wildman–Crippen MR) is 78.2 cm³/mol.